The summed E-state index contributed by atoms with van der Waals surface area (Å²) in [6.45, 7) is 2.06. The van der Waals surface area contributed by atoms with E-state index in [1.165, 1.54) is 12.3 Å². The number of amides is 1. The summed E-state index contributed by atoms with van der Waals surface area (Å²) in [5, 5.41) is 16.9. The number of carbonyl (C=O) groups excluding carboxylic acids is 1. The van der Waals surface area contributed by atoms with Gasteiger partial charge in [-0.1, -0.05) is 29.8 Å². The summed E-state index contributed by atoms with van der Waals surface area (Å²) in [5.74, 6) is -0.249. The highest BCUT2D eigenvalue weighted by Gasteiger charge is 2.02. The molecule has 0 fully saturated rings. The van der Waals surface area contributed by atoms with Crippen molar-refractivity contribution in [2.75, 3.05) is 11.9 Å². The number of aromatic hydroxyl groups is 1. The first kappa shape index (κ1) is 15.9. The molecule has 2 aromatic rings. The third-order valence-corrected chi connectivity index (χ3v) is 3.20. The Hall–Kier alpha value is -2.53. The van der Waals surface area contributed by atoms with Crippen LogP contribution >= 0.6 is 11.6 Å². The van der Waals surface area contributed by atoms with Crippen molar-refractivity contribution in [3.05, 3.63) is 58.6 Å². The van der Waals surface area contributed by atoms with Crippen molar-refractivity contribution in [3.63, 3.8) is 0 Å². The molecule has 0 aliphatic carbocycles. The molecule has 2 rings (SSSR count). The summed E-state index contributed by atoms with van der Waals surface area (Å²) in [4.78, 5) is 11.7. The van der Waals surface area contributed by atoms with Gasteiger partial charge in [-0.25, -0.2) is 5.43 Å². The fraction of sp³-hybridized carbons (Fsp3) is 0.125. The molecule has 114 valence electrons. The minimum Gasteiger partial charge on any atom is -0.507 e. The van der Waals surface area contributed by atoms with Gasteiger partial charge in [0.1, 0.15) is 5.75 Å². The topological polar surface area (TPSA) is 73.7 Å². The Morgan fingerprint density at radius 2 is 2.09 bits per heavy atom. The molecule has 0 aliphatic rings. The number of benzene rings is 2. The lowest BCUT2D eigenvalue weighted by atomic mass is 10.2. The van der Waals surface area contributed by atoms with Crippen molar-refractivity contribution in [1.82, 2.24) is 5.43 Å². The Kier molecular flexibility index (Phi) is 5.38. The molecule has 0 aliphatic heterocycles. The molecule has 2 aromatic carbocycles. The van der Waals surface area contributed by atoms with Crippen LogP contribution in [0.3, 0.4) is 0 Å². The molecule has 0 radical (unpaired) electrons. The molecule has 0 bridgehead atoms. The highest BCUT2D eigenvalue weighted by Crippen LogP contribution is 2.19. The van der Waals surface area contributed by atoms with Gasteiger partial charge in [-0.05, 0) is 36.8 Å². The highest BCUT2D eigenvalue weighted by atomic mass is 35.5. The molecule has 22 heavy (non-hydrogen) atoms. The fourth-order valence-corrected chi connectivity index (χ4v) is 1.97. The van der Waals surface area contributed by atoms with Crippen LogP contribution in [0.15, 0.2) is 47.6 Å². The first-order valence-electron chi connectivity index (χ1n) is 6.66. The maximum atomic E-state index is 11.7. The highest BCUT2D eigenvalue weighted by molar-refractivity contribution is 6.30. The number of hydrazone groups is 1. The third kappa shape index (κ3) is 4.49. The number of hydrogen-bond acceptors (Lipinski definition) is 4. The van der Waals surface area contributed by atoms with E-state index in [1.54, 1.807) is 12.1 Å². The zero-order valence-electron chi connectivity index (χ0n) is 12.0. The minimum atomic E-state index is -0.291. The van der Waals surface area contributed by atoms with Crippen LogP contribution in [0.4, 0.5) is 5.69 Å². The normalized spacial score (nSPS) is 10.6. The molecule has 5 nitrogen and oxygen atoms in total. The number of hydrogen-bond donors (Lipinski definition) is 3. The van der Waals surface area contributed by atoms with Gasteiger partial charge in [0.2, 0.25) is 0 Å². The Labute approximate surface area is 133 Å². The molecule has 0 saturated heterocycles. The second kappa shape index (κ2) is 7.47. The quantitative estimate of drug-likeness (QED) is 0.586. The Morgan fingerprint density at radius 1 is 1.32 bits per heavy atom. The van der Waals surface area contributed by atoms with Crippen LogP contribution in [-0.4, -0.2) is 23.8 Å². The predicted molar refractivity (Wildman–Crippen MR) is 88.5 cm³/mol. The Balaban J connectivity index is 1.86. The maximum Gasteiger partial charge on any atom is 0.259 e. The summed E-state index contributed by atoms with van der Waals surface area (Å²) in [6, 6.07) is 12.3. The number of phenols is 1. The number of halogens is 1. The van der Waals surface area contributed by atoms with E-state index < -0.39 is 0 Å². The monoisotopic (exact) mass is 317 g/mol. The molecular weight excluding hydrogens is 302 g/mol. The van der Waals surface area contributed by atoms with Crippen molar-refractivity contribution in [3.8, 4) is 5.75 Å². The van der Waals surface area contributed by atoms with Crippen LogP contribution < -0.4 is 10.7 Å². The second-order valence-electron chi connectivity index (χ2n) is 4.66. The van der Waals surface area contributed by atoms with Crippen LogP contribution in [0.1, 0.15) is 11.1 Å². The van der Waals surface area contributed by atoms with Crippen LogP contribution in [0, 0.1) is 6.92 Å². The van der Waals surface area contributed by atoms with Gasteiger partial charge in [0.15, 0.2) is 0 Å². The molecule has 0 atom stereocenters. The van der Waals surface area contributed by atoms with E-state index >= 15 is 0 Å². The largest absolute Gasteiger partial charge is 0.507 e. The van der Waals surface area contributed by atoms with E-state index in [4.69, 9.17) is 11.6 Å². The van der Waals surface area contributed by atoms with Crippen LogP contribution in [-0.2, 0) is 4.79 Å². The van der Waals surface area contributed by atoms with Gasteiger partial charge in [0, 0.05) is 16.3 Å². The number of phenolic OH excluding ortho intramolecular Hbond substituents is 1. The number of carbonyl (C=O) groups is 1. The van der Waals surface area contributed by atoms with Crippen molar-refractivity contribution < 1.29 is 9.90 Å². The van der Waals surface area contributed by atoms with Gasteiger partial charge in [-0.15, -0.1) is 0 Å². The number of nitrogens with zero attached hydrogens (tertiary/aromatic N) is 1. The number of anilines is 1. The van der Waals surface area contributed by atoms with Crippen molar-refractivity contribution >= 4 is 29.4 Å². The SMILES string of the molecule is Cc1ccccc1NCC(=O)N/N=C/c1cc(Cl)ccc1O. The first-order chi connectivity index (χ1) is 10.6. The van der Waals surface area contributed by atoms with E-state index in [-0.39, 0.29) is 18.2 Å². The zero-order chi connectivity index (χ0) is 15.9. The molecule has 0 spiro atoms. The van der Waals surface area contributed by atoms with Crippen molar-refractivity contribution in [2.45, 2.75) is 6.92 Å². The van der Waals surface area contributed by atoms with Gasteiger partial charge in [0.05, 0.1) is 12.8 Å². The summed E-state index contributed by atoms with van der Waals surface area (Å²) < 4.78 is 0. The fourth-order valence-electron chi connectivity index (χ4n) is 1.79. The third-order valence-electron chi connectivity index (χ3n) is 2.97. The summed E-state index contributed by atoms with van der Waals surface area (Å²) >= 11 is 5.82. The average Bonchev–Trinajstić information content (AvgIpc) is 2.50. The van der Waals surface area contributed by atoms with Crippen LogP contribution in [0.2, 0.25) is 5.02 Å². The van der Waals surface area contributed by atoms with Gasteiger partial charge >= 0.3 is 0 Å². The molecule has 0 heterocycles. The molecule has 0 aromatic heterocycles. The van der Waals surface area contributed by atoms with Crippen molar-refractivity contribution in [1.29, 1.82) is 0 Å². The van der Waals surface area contributed by atoms with Gasteiger partial charge < -0.3 is 10.4 Å². The maximum absolute atomic E-state index is 11.7. The van der Waals surface area contributed by atoms with Gasteiger partial charge in [-0.2, -0.15) is 5.10 Å². The Bertz CT molecular complexity index is 702. The molecule has 3 N–H and O–H groups in total. The van der Waals surface area contributed by atoms with Crippen molar-refractivity contribution in [2.24, 2.45) is 5.10 Å². The number of rotatable bonds is 5. The molecule has 6 heteroatoms. The second-order valence-corrected chi connectivity index (χ2v) is 5.10. The lowest BCUT2D eigenvalue weighted by Crippen LogP contribution is -2.26. The van der Waals surface area contributed by atoms with Crippen LogP contribution in [0.5, 0.6) is 5.75 Å². The van der Waals surface area contributed by atoms with Gasteiger partial charge in [0.25, 0.3) is 5.91 Å². The molecule has 0 unspecified atom stereocenters. The lowest BCUT2D eigenvalue weighted by Gasteiger charge is -2.07. The lowest BCUT2D eigenvalue weighted by molar-refractivity contribution is -0.119. The summed E-state index contributed by atoms with van der Waals surface area (Å²) in [5.41, 5.74) is 4.77. The molecule has 1 amide bonds. The first-order valence-corrected chi connectivity index (χ1v) is 7.04. The van der Waals surface area contributed by atoms with Crippen LogP contribution in [0.25, 0.3) is 0 Å². The zero-order valence-corrected chi connectivity index (χ0v) is 12.8. The van der Waals surface area contributed by atoms with E-state index in [2.05, 4.69) is 15.8 Å². The Morgan fingerprint density at radius 3 is 2.86 bits per heavy atom. The predicted octanol–water partition coefficient (Wildman–Crippen LogP) is 2.92. The number of para-hydroxylation sites is 1. The smallest absolute Gasteiger partial charge is 0.259 e. The standard InChI is InChI=1S/C16H16ClN3O2/c1-11-4-2-3-5-14(11)18-10-16(22)20-19-9-12-8-13(17)6-7-15(12)21/h2-9,18,21H,10H2,1H3,(H,20,22)/b19-9+. The molecular formula is C16H16ClN3O2. The van der Waals surface area contributed by atoms with E-state index in [0.717, 1.165) is 11.3 Å². The number of nitrogens with one attached hydrogen (secondary N) is 2. The van der Waals surface area contributed by atoms with E-state index in [9.17, 15) is 9.90 Å². The molecule has 0 saturated carbocycles. The van der Waals surface area contributed by atoms with E-state index in [1.807, 2.05) is 31.2 Å². The van der Waals surface area contributed by atoms with E-state index in [0.29, 0.717) is 10.6 Å². The summed E-state index contributed by atoms with van der Waals surface area (Å²) in [6.07, 6.45) is 1.34. The van der Waals surface area contributed by atoms with Gasteiger partial charge in [-0.3, -0.25) is 4.79 Å². The summed E-state index contributed by atoms with van der Waals surface area (Å²) in [7, 11) is 0. The average molecular weight is 318 g/mol. The number of aryl methyl sites for hydroxylation is 1. The minimum absolute atomic E-state index is 0.0421.